The lowest BCUT2D eigenvalue weighted by Gasteiger charge is -2.35. The number of Topliss-reactive ketones (excluding diaryl/α,β-unsaturated/α-hetero) is 1. The first-order chi connectivity index (χ1) is 32.9. The summed E-state index contributed by atoms with van der Waals surface area (Å²) in [6.07, 6.45) is -0.0631. The molecule has 2 aliphatic heterocycles. The number of thiazole rings is 1. The predicted molar refractivity (Wildman–Crippen MR) is 264 cm³/mol. The number of benzene rings is 4. The first-order valence-electron chi connectivity index (χ1n) is 22.9. The number of likely N-dealkylation sites (tertiary alicyclic amines) is 1. The number of ether oxygens (including phenoxy) is 3. The Bertz CT molecular complexity index is 2740. The van der Waals surface area contributed by atoms with Crippen molar-refractivity contribution >= 4 is 57.9 Å². The molecular weight excluding hydrogens is 897 g/mol. The Morgan fingerprint density at radius 1 is 0.928 bits per heavy atom. The number of para-hydroxylation sites is 1. The maximum atomic E-state index is 14.3. The van der Waals surface area contributed by atoms with E-state index < -0.39 is 47.0 Å². The molecule has 3 atom stereocenters. The van der Waals surface area contributed by atoms with Crippen molar-refractivity contribution in [1.29, 1.82) is 0 Å². The van der Waals surface area contributed by atoms with Gasteiger partial charge in [0.1, 0.15) is 36.3 Å². The van der Waals surface area contributed by atoms with E-state index in [1.165, 1.54) is 9.80 Å². The molecule has 3 heterocycles. The first kappa shape index (κ1) is 50.0. The molecule has 4 aromatic carbocycles. The third-order valence-corrected chi connectivity index (χ3v) is 13.4. The van der Waals surface area contributed by atoms with Gasteiger partial charge in [-0.25, -0.2) is 19.5 Å². The van der Waals surface area contributed by atoms with Crippen molar-refractivity contribution in [1.82, 2.24) is 15.2 Å². The Labute approximate surface area is 406 Å². The first-order valence-corrected chi connectivity index (χ1v) is 23.8. The SMILES string of the molecule is [C-]#[N+]c1ccc(N2C(=O)N(c3ccc(OCCOCCOc4ccccc4C(=O)N[C@H](C(=O)N4C[C@H](O)C[C@H]4C(=O)CCc4ccc(-c5scnc5C)cc4)C(C)(C)C)cc3)C(C)(C)C2=O)cc1C. The second-order valence-corrected chi connectivity index (χ2v) is 19.7. The van der Waals surface area contributed by atoms with Gasteiger partial charge in [0.05, 0.1) is 59.3 Å². The molecule has 0 unspecified atom stereocenters. The zero-order valence-electron chi connectivity index (χ0n) is 40.0. The second-order valence-electron chi connectivity index (χ2n) is 18.8. The molecule has 2 aliphatic rings. The van der Waals surface area contributed by atoms with E-state index >= 15 is 0 Å². The number of hydrogen-bond acceptors (Lipinski definition) is 11. The molecule has 2 N–H and O–H groups in total. The number of rotatable bonds is 18. The monoisotopic (exact) mass is 954 g/mol. The number of carbonyl (C=O) groups excluding carboxylic acids is 5. The maximum absolute atomic E-state index is 14.3. The van der Waals surface area contributed by atoms with Crippen LogP contribution in [0.15, 0.2) is 96.5 Å². The number of β-amino-alcohol motifs (C(OH)–C–C–N with tert-alkyl or cyclic N) is 1. The van der Waals surface area contributed by atoms with E-state index in [1.54, 1.807) is 98.8 Å². The highest BCUT2D eigenvalue weighted by Crippen LogP contribution is 2.38. The van der Waals surface area contributed by atoms with Gasteiger partial charge in [-0.3, -0.25) is 24.1 Å². The maximum Gasteiger partial charge on any atom is 0.336 e. The predicted octanol–water partition coefficient (Wildman–Crippen LogP) is 8.51. The molecule has 0 bridgehead atoms. The summed E-state index contributed by atoms with van der Waals surface area (Å²) in [6.45, 7) is 20.7. The summed E-state index contributed by atoms with van der Waals surface area (Å²) in [5, 5.41) is 13.6. The summed E-state index contributed by atoms with van der Waals surface area (Å²) in [4.78, 5) is 81.9. The van der Waals surface area contributed by atoms with Crippen LogP contribution in [-0.4, -0.2) is 101 Å². The lowest BCUT2D eigenvalue weighted by atomic mass is 9.85. The molecule has 360 valence electrons. The number of nitrogens with zero attached hydrogens (tertiary/aromatic N) is 5. The number of aryl methyl sites for hydroxylation is 3. The molecule has 15 nitrogen and oxygen atoms in total. The number of carbonyl (C=O) groups is 5. The van der Waals surface area contributed by atoms with Gasteiger partial charge in [-0.2, -0.15) is 0 Å². The van der Waals surface area contributed by atoms with Crippen LogP contribution in [0.1, 0.15) is 74.6 Å². The van der Waals surface area contributed by atoms with Crippen LogP contribution in [0.25, 0.3) is 15.3 Å². The van der Waals surface area contributed by atoms with Gasteiger partial charge < -0.3 is 29.5 Å². The number of hydrogen-bond donors (Lipinski definition) is 2. The molecule has 7 rings (SSSR count). The summed E-state index contributed by atoms with van der Waals surface area (Å²) < 4.78 is 17.6. The van der Waals surface area contributed by atoms with E-state index in [0.29, 0.717) is 40.5 Å². The van der Waals surface area contributed by atoms with Crippen molar-refractivity contribution in [2.75, 3.05) is 42.8 Å². The average molecular weight is 955 g/mol. The van der Waals surface area contributed by atoms with E-state index in [-0.39, 0.29) is 63.1 Å². The smallest absolute Gasteiger partial charge is 0.336 e. The quantitative estimate of drug-likeness (QED) is 0.0493. The topological polar surface area (TPSA) is 172 Å². The number of anilines is 2. The third kappa shape index (κ3) is 11.2. The number of nitrogens with one attached hydrogen (secondary N) is 1. The summed E-state index contributed by atoms with van der Waals surface area (Å²) in [7, 11) is 0. The molecule has 69 heavy (non-hydrogen) atoms. The molecule has 5 amide bonds. The number of aromatic nitrogens is 1. The minimum atomic E-state index is -1.16. The fourth-order valence-electron chi connectivity index (χ4n) is 8.58. The molecule has 5 aromatic rings. The van der Waals surface area contributed by atoms with Crippen LogP contribution < -0.4 is 24.6 Å². The van der Waals surface area contributed by atoms with Gasteiger partial charge >= 0.3 is 6.03 Å². The number of urea groups is 1. The number of imide groups is 1. The van der Waals surface area contributed by atoms with Crippen LogP contribution in [0.5, 0.6) is 11.5 Å². The van der Waals surface area contributed by atoms with Crippen LogP contribution in [-0.2, 0) is 25.5 Å². The molecule has 2 saturated heterocycles. The molecule has 0 aliphatic carbocycles. The number of aliphatic hydroxyl groups excluding tert-OH is 1. The Hall–Kier alpha value is -6.93. The molecule has 16 heteroatoms. The van der Waals surface area contributed by atoms with Gasteiger partial charge in [0.2, 0.25) is 5.91 Å². The lowest BCUT2D eigenvalue weighted by molar-refractivity contribution is -0.141. The Morgan fingerprint density at radius 2 is 1.61 bits per heavy atom. The normalized spacial score (nSPS) is 17.2. The van der Waals surface area contributed by atoms with E-state index in [1.807, 2.05) is 57.5 Å². The van der Waals surface area contributed by atoms with Gasteiger partial charge in [-0.05, 0) is 105 Å². The minimum Gasteiger partial charge on any atom is -0.491 e. The van der Waals surface area contributed by atoms with E-state index in [0.717, 1.165) is 26.6 Å². The number of aliphatic hydroxyl groups is 1. The standard InChI is InChI=1S/C53H58N6O9S/c1-33-29-38(20-23-42(33)54-8)58-50(64)53(6,7)59(51(58)65)37-18-21-40(22-19-37)67-27-25-66-26-28-68-45-12-10-9-11-41(45)48(62)56-47(52(3,4)5)49(63)57-31-39(60)30-43(57)44(61)24-15-35-13-16-36(17-14-35)46-34(2)55-32-69-46/h9-14,16-23,29,32,39,43,47,60H,15,24-28,30-31H2,1-7H3,(H,56,62)/t39-,43+,47-/m1/s1. The van der Waals surface area contributed by atoms with Gasteiger partial charge in [0.15, 0.2) is 11.5 Å². The number of amides is 5. The van der Waals surface area contributed by atoms with E-state index in [2.05, 4.69) is 15.1 Å². The van der Waals surface area contributed by atoms with E-state index in [9.17, 15) is 29.1 Å². The van der Waals surface area contributed by atoms with Crippen molar-refractivity contribution < 1.29 is 43.3 Å². The van der Waals surface area contributed by atoms with Crippen LogP contribution >= 0.6 is 11.3 Å². The van der Waals surface area contributed by atoms with Gasteiger partial charge in [0, 0.05) is 25.1 Å². The van der Waals surface area contributed by atoms with Gasteiger partial charge in [-0.1, -0.05) is 63.2 Å². The fraction of sp³-hybridized carbons (Fsp3) is 0.377. The molecule has 2 fully saturated rings. The van der Waals surface area contributed by atoms with Crippen LogP contribution in [0.3, 0.4) is 0 Å². The van der Waals surface area contributed by atoms with Crippen LogP contribution in [0.2, 0.25) is 0 Å². The summed E-state index contributed by atoms with van der Waals surface area (Å²) in [5.74, 6) is -0.658. The van der Waals surface area contributed by atoms with Crippen molar-refractivity contribution in [3.63, 3.8) is 0 Å². The zero-order chi connectivity index (χ0) is 49.6. The minimum absolute atomic E-state index is 0.0115. The molecule has 0 saturated carbocycles. The summed E-state index contributed by atoms with van der Waals surface area (Å²) in [5.41, 5.74) is 5.19. The van der Waals surface area contributed by atoms with Crippen molar-refractivity contribution in [2.45, 2.75) is 91.5 Å². The number of ketones is 1. The molecule has 0 radical (unpaired) electrons. The average Bonchev–Trinajstić information content (AvgIpc) is 3.99. The Morgan fingerprint density at radius 3 is 2.26 bits per heavy atom. The van der Waals surface area contributed by atoms with Crippen molar-refractivity contribution in [3.05, 3.63) is 130 Å². The van der Waals surface area contributed by atoms with Crippen LogP contribution in [0, 0.1) is 25.8 Å². The van der Waals surface area contributed by atoms with E-state index in [4.69, 9.17) is 20.8 Å². The van der Waals surface area contributed by atoms with Gasteiger partial charge in [-0.15, -0.1) is 11.3 Å². The zero-order valence-corrected chi connectivity index (χ0v) is 40.8. The highest BCUT2D eigenvalue weighted by atomic mass is 32.1. The second kappa shape index (κ2) is 21.2. The summed E-state index contributed by atoms with van der Waals surface area (Å²) >= 11 is 1.58. The third-order valence-electron chi connectivity index (χ3n) is 12.4. The fourth-order valence-corrected chi connectivity index (χ4v) is 9.40. The Balaban J connectivity index is 0.879. The van der Waals surface area contributed by atoms with Gasteiger partial charge in [0.25, 0.3) is 11.8 Å². The molecular formula is C53H58N6O9S. The van der Waals surface area contributed by atoms with Crippen molar-refractivity contribution in [3.8, 4) is 21.9 Å². The van der Waals surface area contributed by atoms with Crippen molar-refractivity contribution in [2.24, 2.45) is 5.41 Å². The summed E-state index contributed by atoms with van der Waals surface area (Å²) in [6, 6.07) is 24.1. The molecule has 1 aromatic heterocycles. The lowest BCUT2D eigenvalue weighted by Crippen LogP contribution is -2.56. The molecule has 0 spiro atoms. The largest absolute Gasteiger partial charge is 0.491 e. The Kier molecular flexibility index (Phi) is 15.3. The highest BCUT2D eigenvalue weighted by Gasteiger charge is 2.53. The van der Waals surface area contributed by atoms with Crippen LogP contribution in [0.4, 0.5) is 21.9 Å². The highest BCUT2D eigenvalue weighted by molar-refractivity contribution is 7.13.